The summed E-state index contributed by atoms with van der Waals surface area (Å²) >= 11 is 0. The SMILES string of the molecule is Cc1ccc(NC(=O)[C@H]2CCN(c3cccc(C)c3C)C2=O)cc1. The molecule has 4 nitrogen and oxygen atoms in total. The molecule has 0 spiro atoms. The molecule has 1 fully saturated rings. The van der Waals surface area contributed by atoms with Crippen LogP contribution in [0.3, 0.4) is 0 Å². The van der Waals surface area contributed by atoms with E-state index in [2.05, 4.69) is 5.32 Å². The monoisotopic (exact) mass is 322 g/mol. The van der Waals surface area contributed by atoms with Crippen LogP contribution in [0.25, 0.3) is 0 Å². The molecule has 2 amide bonds. The molecule has 3 rings (SSSR count). The maximum atomic E-state index is 12.7. The molecule has 0 unspecified atom stereocenters. The summed E-state index contributed by atoms with van der Waals surface area (Å²) in [6, 6.07) is 13.5. The number of hydrogen-bond donors (Lipinski definition) is 1. The number of amides is 2. The van der Waals surface area contributed by atoms with E-state index in [0.29, 0.717) is 13.0 Å². The lowest BCUT2D eigenvalue weighted by Gasteiger charge is -2.20. The van der Waals surface area contributed by atoms with Crippen molar-refractivity contribution in [1.29, 1.82) is 0 Å². The molecular weight excluding hydrogens is 300 g/mol. The summed E-state index contributed by atoms with van der Waals surface area (Å²) in [7, 11) is 0. The highest BCUT2D eigenvalue weighted by molar-refractivity contribution is 6.13. The molecule has 1 atom stereocenters. The first-order valence-corrected chi connectivity index (χ1v) is 8.22. The van der Waals surface area contributed by atoms with Gasteiger partial charge in [0.15, 0.2) is 0 Å². The lowest BCUT2D eigenvalue weighted by molar-refractivity contribution is -0.129. The van der Waals surface area contributed by atoms with E-state index in [1.54, 1.807) is 4.90 Å². The van der Waals surface area contributed by atoms with E-state index in [4.69, 9.17) is 0 Å². The zero-order valence-electron chi connectivity index (χ0n) is 14.3. The summed E-state index contributed by atoms with van der Waals surface area (Å²) in [5, 5.41) is 2.85. The highest BCUT2D eigenvalue weighted by atomic mass is 16.2. The van der Waals surface area contributed by atoms with Crippen molar-refractivity contribution in [3.05, 3.63) is 59.2 Å². The van der Waals surface area contributed by atoms with Gasteiger partial charge < -0.3 is 10.2 Å². The highest BCUT2D eigenvalue weighted by Gasteiger charge is 2.38. The predicted octanol–water partition coefficient (Wildman–Crippen LogP) is 3.60. The van der Waals surface area contributed by atoms with Crippen LogP contribution in [0.15, 0.2) is 42.5 Å². The minimum absolute atomic E-state index is 0.117. The second kappa shape index (κ2) is 6.48. The van der Waals surface area contributed by atoms with Gasteiger partial charge in [0.1, 0.15) is 5.92 Å². The maximum absolute atomic E-state index is 12.7. The fraction of sp³-hybridized carbons (Fsp3) is 0.300. The predicted molar refractivity (Wildman–Crippen MR) is 96.2 cm³/mol. The Bertz CT molecular complexity index is 781. The second-order valence-corrected chi connectivity index (χ2v) is 6.41. The van der Waals surface area contributed by atoms with Crippen LogP contribution < -0.4 is 10.2 Å². The van der Waals surface area contributed by atoms with Gasteiger partial charge in [-0.3, -0.25) is 9.59 Å². The summed E-state index contributed by atoms with van der Waals surface area (Å²) in [6.45, 7) is 6.61. The normalized spacial score (nSPS) is 17.2. The Morgan fingerprint density at radius 3 is 2.50 bits per heavy atom. The molecule has 1 aliphatic rings. The number of benzene rings is 2. The van der Waals surface area contributed by atoms with Crippen LogP contribution >= 0.6 is 0 Å². The summed E-state index contributed by atoms with van der Waals surface area (Å²) in [5.74, 6) is -0.962. The average molecular weight is 322 g/mol. The van der Waals surface area contributed by atoms with E-state index in [1.807, 2.05) is 63.2 Å². The van der Waals surface area contributed by atoms with E-state index in [1.165, 1.54) is 0 Å². The van der Waals surface area contributed by atoms with Gasteiger partial charge in [-0.05, 0) is 56.5 Å². The lowest BCUT2D eigenvalue weighted by Crippen LogP contribution is -2.33. The molecule has 0 aromatic heterocycles. The molecule has 0 radical (unpaired) electrons. The molecule has 0 saturated carbocycles. The van der Waals surface area contributed by atoms with Gasteiger partial charge in [-0.1, -0.05) is 29.8 Å². The summed E-state index contributed by atoms with van der Waals surface area (Å²) in [6.07, 6.45) is 0.546. The molecule has 1 heterocycles. The molecule has 24 heavy (non-hydrogen) atoms. The Labute approximate surface area is 142 Å². The molecule has 1 saturated heterocycles. The molecule has 2 aromatic rings. The minimum atomic E-state index is -0.619. The molecule has 124 valence electrons. The fourth-order valence-electron chi connectivity index (χ4n) is 3.06. The van der Waals surface area contributed by atoms with E-state index < -0.39 is 5.92 Å². The van der Waals surface area contributed by atoms with Crippen molar-refractivity contribution < 1.29 is 9.59 Å². The Morgan fingerprint density at radius 2 is 1.79 bits per heavy atom. The maximum Gasteiger partial charge on any atom is 0.239 e. The topological polar surface area (TPSA) is 49.4 Å². The van der Waals surface area contributed by atoms with Crippen LogP contribution in [0.2, 0.25) is 0 Å². The van der Waals surface area contributed by atoms with Gasteiger partial charge in [-0.15, -0.1) is 0 Å². The van der Waals surface area contributed by atoms with Crippen LogP contribution in [0.4, 0.5) is 11.4 Å². The van der Waals surface area contributed by atoms with Crippen LogP contribution in [0, 0.1) is 26.7 Å². The Balaban J connectivity index is 1.75. The van der Waals surface area contributed by atoms with Crippen molar-refractivity contribution >= 4 is 23.2 Å². The first-order valence-electron chi connectivity index (χ1n) is 8.22. The zero-order valence-corrected chi connectivity index (χ0v) is 14.3. The number of anilines is 2. The fourth-order valence-corrected chi connectivity index (χ4v) is 3.06. The first-order chi connectivity index (χ1) is 11.5. The highest BCUT2D eigenvalue weighted by Crippen LogP contribution is 2.30. The smallest absolute Gasteiger partial charge is 0.239 e. The number of carbonyl (C=O) groups excluding carboxylic acids is 2. The number of nitrogens with one attached hydrogen (secondary N) is 1. The van der Waals surface area contributed by atoms with Gasteiger partial charge in [0, 0.05) is 17.9 Å². The Kier molecular flexibility index (Phi) is 4.38. The number of rotatable bonds is 3. The number of hydrogen-bond acceptors (Lipinski definition) is 2. The van der Waals surface area contributed by atoms with E-state index >= 15 is 0 Å². The van der Waals surface area contributed by atoms with Crippen LogP contribution in [-0.4, -0.2) is 18.4 Å². The molecule has 1 N–H and O–H groups in total. The third-order valence-corrected chi connectivity index (χ3v) is 4.71. The summed E-state index contributed by atoms with van der Waals surface area (Å²) in [4.78, 5) is 26.9. The van der Waals surface area contributed by atoms with Crippen molar-refractivity contribution in [1.82, 2.24) is 0 Å². The van der Waals surface area contributed by atoms with Crippen molar-refractivity contribution in [3.63, 3.8) is 0 Å². The van der Waals surface area contributed by atoms with Crippen LogP contribution in [0.1, 0.15) is 23.1 Å². The molecular formula is C20H22N2O2. The van der Waals surface area contributed by atoms with E-state index in [-0.39, 0.29) is 11.8 Å². The summed E-state index contributed by atoms with van der Waals surface area (Å²) in [5.41, 5.74) is 5.00. The third-order valence-electron chi connectivity index (χ3n) is 4.71. The second-order valence-electron chi connectivity index (χ2n) is 6.41. The van der Waals surface area contributed by atoms with Gasteiger partial charge in [0.25, 0.3) is 0 Å². The van der Waals surface area contributed by atoms with Gasteiger partial charge in [0.05, 0.1) is 0 Å². The largest absolute Gasteiger partial charge is 0.325 e. The molecule has 4 heteroatoms. The van der Waals surface area contributed by atoms with E-state index in [9.17, 15) is 9.59 Å². The number of aryl methyl sites for hydroxylation is 2. The quantitative estimate of drug-likeness (QED) is 0.878. The molecule has 0 aliphatic carbocycles. The van der Waals surface area contributed by atoms with Crippen molar-refractivity contribution in [3.8, 4) is 0 Å². The standard InChI is InChI=1S/C20H22N2O2/c1-13-7-9-16(10-8-13)21-19(23)17-11-12-22(20(17)24)18-6-4-5-14(2)15(18)3/h4-10,17H,11-12H2,1-3H3,(H,21,23)/t17-/m1/s1. The zero-order chi connectivity index (χ0) is 17.3. The van der Waals surface area contributed by atoms with E-state index in [0.717, 1.165) is 28.1 Å². The molecule has 1 aliphatic heterocycles. The van der Waals surface area contributed by atoms with Crippen molar-refractivity contribution in [2.75, 3.05) is 16.8 Å². The Morgan fingerprint density at radius 1 is 1.08 bits per heavy atom. The average Bonchev–Trinajstić information content (AvgIpc) is 2.94. The van der Waals surface area contributed by atoms with Gasteiger partial charge in [-0.2, -0.15) is 0 Å². The van der Waals surface area contributed by atoms with Crippen LogP contribution in [0.5, 0.6) is 0 Å². The van der Waals surface area contributed by atoms with Crippen molar-refractivity contribution in [2.45, 2.75) is 27.2 Å². The minimum Gasteiger partial charge on any atom is -0.325 e. The van der Waals surface area contributed by atoms with Crippen LogP contribution in [-0.2, 0) is 9.59 Å². The van der Waals surface area contributed by atoms with Crippen molar-refractivity contribution in [2.24, 2.45) is 5.92 Å². The molecule has 2 aromatic carbocycles. The Hall–Kier alpha value is -2.62. The number of nitrogens with zero attached hydrogens (tertiary/aromatic N) is 1. The molecule has 0 bridgehead atoms. The van der Waals surface area contributed by atoms with Gasteiger partial charge in [-0.25, -0.2) is 0 Å². The first kappa shape index (κ1) is 16.2. The number of carbonyl (C=O) groups is 2. The van der Waals surface area contributed by atoms with Gasteiger partial charge in [0.2, 0.25) is 11.8 Å². The van der Waals surface area contributed by atoms with Gasteiger partial charge >= 0.3 is 0 Å². The lowest BCUT2D eigenvalue weighted by atomic mass is 10.1. The summed E-state index contributed by atoms with van der Waals surface area (Å²) < 4.78 is 0. The third kappa shape index (κ3) is 3.04.